The van der Waals surface area contributed by atoms with E-state index in [9.17, 15) is 4.79 Å². The number of aromatic amines is 1. The van der Waals surface area contributed by atoms with Gasteiger partial charge in [0.1, 0.15) is 0 Å². The number of fused-ring (bicyclic) bond motifs is 3. The third-order valence-corrected chi connectivity index (χ3v) is 5.00. The van der Waals surface area contributed by atoms with Crippen molar-refractivity contribution in [2.24, 2.45) is 5.41 Å². The van der Waals surface area contributed by atoms with Crippen LogP contribution in [0.3, 0.4) is 0 Å². The minimum Gasteiger partial charge on any atom is -0.374 e. The molecule has 21 heavy (non-hydrogen) atoms. The van der Waals surface area contributed by atoms with Gasteiger partial charge in [-0.3, -0.25) is 9.89 Å². The predicted octanol–water partition coefficient (Wildman–Crippen LogP) is 3.11. The number of nitrogens with one attached hydrogen (secondary N) is 2. The van der Waals surface area contributed by atoms with Gasteiger partial charge in [-0.25, -0.2) is 0 Å². The van der Waals surface area contributed by atoms with Crippen LogP contribution in [0.4, 0.5) is 5.69 Å². The number of carbonyl (C=O) groups excluding carboxylic acids is 1. The lowest BCUT2D eigenvalue weighted by molar-refractivity contribution is -0.127. The molecule has 1 saturated carbocycles. The molecule has 2 heterocycles. The van der Waals surface area contributed by atoms with Crippen LogP contribution in [0.25, 0.3) is 10.9 Å². The number of rotatable bonds is 2. The average molecular weight is 306 g/mol. The lowest BCUT2D eigenvalue weighted by atomic mass is 9.86. The maximum atomic E-state index is 12.7. The molecule has 2 unspecified atom stereocenters. The fraction of sp³-hybridized carbons (Fsp3) is 0.467. The molecule has 5 nitrogen and oxygen atoms in total. The van der Waals surface area contributed by atoms with Gasteiger partial charge in [-0.05, 0) is 38.3 Å². The summed E-state index contributed by atoms with van der Waals surface area (Å²) in [5, 5.41) is 11.4. The van der Waals surface area contributed by atoms with Crippen LogP contribution in [0.5, 0.6) is 0 Å². The van der Waals surface area contributed by atoms with Crippen molar-refractivity contribution in [3.8, 4) is 0 Å². The highest BCUT2D eigenvalue weighted by Gasteiger charge is 2.57. The minimum absolute atomic E-state index is 0.0156. The van der Waals surface area contributed by atoms with Crippen molar-refractivity contribution in [3.63, 3.8) is 0 Å². The van der Waals surface area contributed by atoms with Gasteiger partial charge < -0.3 is 10.1 Å². The van der Waals surface area contributed by atoms with Crippen molar-refractivity contribution in [1.29, 1.82) is 0 Å². The SMILES string of the molecule is CC12CCC(C(=O)Nc3cc(Cl)cc4cn[nH]c34)(CO1)C2. The normalized spacial score (nSPS) is 31.0. The fourth-order valence-electron chi connectivity index (χ4n) is 3.59. The summed E-state index contributed by atoms with van der Waals surface area (Å²) >= 11 is 6.11. The Hall–Kier alpha value is -1.59. The highest BCUT2D eigenvalue weighted by Crippen LogP contribution is 2.53. The zero-order valence-corrected chi connectivity index (χ0v) is 12.5. The number of hydrogen-bond donors (Lipinski definition) is 2. The first-order valence-electron chi connectivity index (χ1n) is 7.08. The summed E-state index contributed by atoms with van der Waals surface area (Å²) in [7, 11) is 0. The molecule has 0 spiro atoms. The van der Waals surface area contributed by atoms with E-state index in [-0.39, 0.29) is 11.5 Å². The quantitative estimate of drug-likeness (QED) is 0.896. The van der Waals surface area contributed by atoms with Gasteiger partial charge in [-0.1, -0.05) is 11.6 Å². The van der Waals surface area contributed by atoms with E-state index < -0.39 is 5.41 Å². The van der Waals surface area contributed by atoms with Crippen LogP contribution < -0.4 is 5.32 Å². The summed E-state index contributed by atoms with van der Waals surface area (Å²) in [6.07, 6.45) is 4.30. The zero-order valence-electron chi connectivity index (χ0n) is 11.7. The monoisotopic (exact) mass is 305 g/mol. The third-order valence-electron chi connectivity index (χ3n) is 4.79. The van der Waals surface area contributed by atoms with Crippen LogP contribution in [0, 0.1) is 5.41 Å². The Labute approximate surface area is 127 Å². The number of aromatic nitrogens is 2. The second kappa shape index (κ2) is 4.21. The van der Waals surface area contributed by atoms with Gasteiger partial charge in [0, 0.05) is 10.4 Å². The van der Waals surface area contributed by atoms with E-state index in [4.69, 9.17) is 16.3 Å². The number of H-pyrrole nitrogens is 1. The summed E-state index contributed by atoms with van der Waals surface area (Å²) in [5.74, 6) is 0.0156. The van der Waals surface area contributed by atoms with Gasteiger partial charge in [-0.2, -0.15) is 5.10 Å². The van der Waals surface area contributed by atoms with Gasteiger partial charge in [0.25, 0.3) is 0 Å². The van der Waals surface area contributed by atoms with Crippen LogP contribution in [0.15, 0.2) is 18.3 Å². The number of halogens is 1. The van der Waals surface area contributed by atoms with Gasteiger partial charge in [-0.15, -0.1) is 0 Å². The van der Waals surface area contributed by atoms with Crippen LogP contribution in [0.1, 0.15) is 26.2 Å². The number of benzene rings is 1. The molecule has 4 rings (SSSR count). The molecule has 6 heteroatoms. The highest BCUT2D eigenvalue weighted by atomic mass is 35.5. The molecule has 2 bridgehead atoms. The number of hydrogen-bond acceptors (Lipinski definition) is 3. The van der Waals surface area contributed by atoms with E-state index in [0.29, 0.717) is 17.3 Å². The van der Waals surface area contributed by atoms with E-state index in [0.717, 1.165) is 30.2 Å². The van der Waals surface area contributed by atoms with E-state index in [1.165, 1.54) is 0 Å². The summed E-state index contributed by atoms with van der Waals surface area (Å²) in [5.41, 5.74) is 0.942. The molecule has 0 radical (unpaired) electrons. The molecule has 1 aliphatic heterocycles. The molecule has 1 amide bonds. The number of anilines is 1. The molecule has 2 fully saturated rings. The van der Waals surface area contributed by atoms with Crippen LogP contribution in [-0.2, 0) is 9.53 Å². The zero-order chi connectivity index (χ0) is 14.7. The Bertz CT molecular complexity index is 732. The van der Waals surface area contributed by atoms with Crippen LogP contribution >= 0.6 is 11.6 Å². The number of carbonyl (C=O) groups is 1. The standard InChI is InChI=1S/C15H16ClN3O2/c1-14-2-3-15(7-14,8-21-14)13(20)18-11-5-10(16)4-9-6-17-19-12(9)11/h4-6H,2-3,7-8H2,1H3,(H,17,19)(H,18,20). The van der Waals surface area contributed by atoms with Gasteiger partial charge in [0.05, 0.1) is 35.0 Å². The molecule has 2 atom stereocenters. The van der Waals surface area contributed by atoms with Crippen LogP contribution in [0.2, 0.25) is 5.02 Å². The topological polar surface area (TPSA) is 67.0 Å². The third kappa shape index (κ3) is 1.95. The molecule has 2 aromatic rings. The smallest absolute Gasteiger partial charge is 0.233 e. The van der Waals surface area contributed by atoms with Crippen molar-refractivity contribution >= 4 is 34.1 Å². The maximum absolute atomic E-state index is 12.7. The van der Waals surface area contributed by atoms with E-state index >= 15 is 0 Å². The summed E-state index contributed by atoms with van der Waals surface area (Å²) < 4.78 is 5.79. The first kappa shape index (κ1) is 13.1. The Morgan fingerprint density at radius 2 is 2.33 bits per heavy atom. The molecule has 2 aliphatic rings. The Morgan fingerprint density at radius 1 is 1.48 bits per heavy atom. The van der Waals surface area contributed by atoms with E-state index in [1.54, 1.807) is 12.3 Å². The summed E-state index contributed by atoms with van der Waals surface area (Å²) in [6, 6.07) is 3.57. The first-order chi connectivity index (χ1) is 10.00. The second-order valence-corrected chi connectivity index (χ2v) is 6.87. The summed E-state index contributed by atoms with van der Waals surface area (Å²) in [6.45, 7) is 2.59. The first-order valence-corrected chi connectivity index (χ1v) is 7.46. The van der Waals surface area contributed by atoms with E-state index in [2.05, 4.69) is 22.4 Å². The molecule has 1 aromatic heterocycles. The van der Waals surface area contributed by atoms with Crippen molar-refractivity contribution in [2.45, 2.75) is 31.8 Å². The van der Waals surface area contributed by atoms with E-state index in [1.807, 2.05) is 6.07 Å². The second-order valence-electron chi connectivity index (χ2n) is 6.44. The molecule has 1 aromatic carbocycles. The number of ether oxygens (including phenoxy) is 1. The molecular formula is C15H16ClN3O2. The Balaban J connectivity index is 1.66. The molecular weight excluding hydrogens is 290 g/mol. The fourth-order valence-corrected chi connectivity index (χ4v) is 3.82. The van der Waals surface area contributed by atoms with Crippen molar-refractivity contribution in [2.75, 3.05) is 11.9 Å². The lowest BCUT2D eigenvalue weighted by Gasteiger charge is -2.25. The minimum atomic E-state index is -0.399. The van der Waals surface area contributed by atoms with Gasteiger partial charge in [0.15, 0.2) is 0 Å². The number of nitrogens with zero attached hydrogens (tertiary/aromatic N) is 1. The predicted molar refractivity (Wildman–Crippen MR) is 80.4 cm³/mol. The highest BCUT2D eigenvalue weighted by molar-refractivity contribution is 6.32. The molecule has 1 saturated heterocycles. The van der Waals surface area contributed by atoms with Crippen molar-refractivity contribution in [1.82, 2.24) is 10.2 Å². The Morgan fingerprint density at radius 3 is 3.00 bits per heavy atom. The van der Waals surface area contributed by atoms with Crippen molar-refractivity contribution in [3.05, 3.63) is 23.4 Å². The van der Waals surface area contributed by atoms with Gasteiger partial charge >= 0.3 is 0 Å². The molecule has 2 N–H and O–H groups in total. The van der Waals surface area contributed by atoms with Gasteiger partial charge in [0.2, 0.25) is 5.91 Å². The van der Waals surface area contributed by atoms with Crippen LogP contribution in [-0.4, -0.2) is 28.3 Å². The average Bonchev–Trinajstić information content (AvgIpc) is 3.10. The Kier molecular flexibility index (Phi) is 2.63. The largest absolute Gasteiger partial charge is 0.374 e. The lowest BCUT2D eigenvalue weighted by Crippen LogP contribution is -2.35. The maximum Gasteiger partial charge on any atom is 0.233 e. The molecule has 1 aliphatic carbocycles. The van der Waals surface area contributed by atoms with Crippen molar-refractivity contribution < 1.29 is 9.53 Å². The summed E-state index contributed by atoms with van der Waals surface area (Å²) in [4.78, 5) is 12.7. The number of amides is 1. The molecule has 110 valence electrons.